The van der Waals surface area contributed by atoms with E-state index in [0.29, 0.717) is 6.54 Å². The summed E-state index contributed by atoms with van der Waals surface area (Å²) in [5.74, 6) is 0.379. The molecule has 0 aromatic heterocycles. The Kier molecular flexibility index (Phi) is 5.42. The lowest BCUT2D eigenvalue weighted by Crippen LogP contribution is -2.52. The number of sulfone groups is 1. The maximum Gasteiger partial charge on any atom is 0.225 e. The maximum atomic E-state index is 12.3. The molecule has 1 amide bonds. The van der Waals surface area contributed by atoms with Crippen LogP contribution in [0, 0.1) is 11.8 Å². The van der Waals surface area contributed by atoms with Gasteiger partial charge in [-0.15, -0.1) is 0 Å². The van der Waals surface area contributed by atoms with Crippen LogP contribution in [0.4, 0.5) is 0 Å². The van der Waals surface area contributed by atoms with Gasteiger partial charge in [-0.05, 0) is 32.6 Å². The van der Waals surface area contributed by atoms with Gasteiger partial charge in [0.05, 0.1) is 11.0 Å². The van der Waals surface area contributed by atoms with Gasteiger partial charge in [-0.3, -0.25) is 4.79 Å². The van der Waals surface area contributed by atoms with Gasteiger partial charge in [0.15, 0.2) is 9.84 Å². The Morgan fingerprint density at radius 2 is 1.84 bits per heavy atom. The highest BCUT2D eigenvalue weighted by atomic mass is 32.2. The van der Waals surface area contributed by atoms with Crippen molar-refractivity contribution in [1.29, 1.82) is 0 Å². The van der Waals surface area contributed by atoms with Crippen molar-refractivity contribution in [3.63, 3.8) is 0 Å². The number of likely N-dealkylation sites (tertiary alicyclic amines) is 1. The number of nitrogens with zero attached hydrogens (tertiary/aromatic N) is 1. The molecule has 112 valence electrons. The van der Waals surface area contributed by atoms with Crippen LogP contribution in [-0.2, 0) is 14.6 Å². The molecule has 1 heterocycles. The molecule has 0 bridgehead atoms. The molecule has 0 saturated carbocycles. The Balaban J connectivity index is 2.92. The Bertz CT molecular complexity index is 414. The molecular weight excluding hydrogens is 262 g/mol. The normalized spacial score (nSPS) is 23.2. The molecule has 2 atom stereocenters. The fourth-order valence-electron chi connectivity index (χ4n) is 2.49. The van der Waals surface area contributed by atoms with E-state index in [2.05, 4.69) is 0 Å². The van der Waals surface area contributed by atoms with Crippen LogP contribution in [0.1, 0.15) is 47.5 Å². The van der Waals surface area contributed by atoms with Gasteiger partial charge in [-0.25, -0.2) is 8.42 Å². The van der Waals surface area contributed by atoms with E-state index in [1.54, 1.807) is 18.7 Å². The molecule has 1 rings (SSSR count). The third-order valence-electron chi connectivity index (χ3n) is 4.03. The van der Waals surface area contributed by atoms with E-state index >= 15 is 0 Å². The highest BCUT2D eigenvalue weighted by Gasteiger charge is 2.35. The van der Waals surface area contributed by atoms with Crippen molar-refractivity contribution in [2.24, 2.45) is 11.8 Å². The molecule has 0 radical (unpaired) electrons. The summed E-state index contributed by atoms with van der Waals surface area (Å²) in [5, 5.41) is -0.383. The SMILES string of the molecule is CC(C)C(CS(=O)(=O)C(C)C)N1CCC[C@H](C)C1=O. The van der Waals surface area contributed by atoms with Gasteiger partial charge in [0.1, 0.15) is 0 Å². The van der Waals surface area contributed by atoms with Crippen molar-refractivity contribution in [1.82, 2.24) is 4.90 Å². The monoisotopic (exact) mass is 289 g/mol. The molecule has 4 nitrogen and oxygen atoms in total. The molecule has 19 heavy (non-hydrogen) atoms. The topological polar surface area (TPSA) is 54.5 Å². The Hall–Kier alpha value is -0.580. The molecule has 1 aliphatic heterocycles. The zero-order valence-corrected chi connectivity index (χ0v) is 13.5. The van der Waals surface area contributed by atoms with Crippen molar-refractivity contribution < 1.29 is 13.2 Å². The van der Waals surface area contributed by atoms with Gasteiger partial charge in [0.25, 0.3) is 0 Å². The van der Waals surface area contributed by atoms with Crippen molar-refractivity contribution in [2.45, 2.75) is 58.8 Å². The second kappa shape index (κ2) is 6.25. The fraction of sp³-hybridized carbons (Fsp3) is 0.929. The highest BCUT2D eigenvalue weighted by Crippen LogP contribution is 2.24. The van der Waals surface area contributed by atoms with E-state index in [1.807, 2.05) is 20.8 Å². The second-order valence-electron chi connectivity index (χ2n) is 6.26. The summed E-state index contributed by atoms with van der Waals surface area (Å²) in [6.07, 6.45) is 1.88. The Morgan fingerprint density at radius 3 is 2.32 bits per heavy atom. The van der Waals surface area contributed by atoms with Gasteiger partial charge in [0, 0.05) is 18.5 Å². The fourth-order valence-corrected chi connectivity index (χ4v) is 3.91. The lowest BCUT2D eigenvalue weighted by atomic mass is 9.95. The lowest BCUT2D eigenvalue weighted by Gasteiger charge is -2.39. The average Bonchev–Trinajstić information content (AvgIpc) is 2.29. The van der Waals surface area contributed by atoms with Gasteiger partial charge in [0.2, 0.25) is 5.91 Å². The first-order chi connectivity index (χ1) is 8.66. The Labute approximate surface area is 117 Å². The van der Waals surface area contributed by atoms with E-state index in [-0.39, 0.29) is 34.8 Å². The smallest absolute Gasteiger partial charge is 0.225 e. The third kappa shape index (κ3) is 3.94. The quantitative estimate of drug-likeness (QED) is 0.779. The van der Waals surface area contributed by atoms with Crippen LogP contribution < -0.4 is 0 Å². The molecule has 0 spiro atoms. The molecular formula is C14H27NO3S. The molecule has 1 saturated heterocycles. The minimum absolute atomic E-state index is 0.0248. The van der Waals surface area contributed by atoms with Gasteiger partial charge >= 0.3 is 0 Å². The number of carbonyl (C=O) groups excluding carboxylic acids is 1. The zero-order chi connectivity index (χ0) is 14.8. The zero-order valence-electron chi connectivity index (χ0n) is 12.7. The number of hydrogen-bond donors (Lipinski definition) is 0. The predicted octanol–water partition coefficient (Wildman–Crippen LogP) is 2.09. The van der Waals surface area contributed by atoms with E-state index in [1.165, 1.54) is 0 Å². The maximum absolute atomic E-state index is 12.3. The van der Waals surface area contributed by atoms with Crippen LogP contribution in [0.5, 0.6) is 0 Å². The molecule has 0 aliphatic carbocycles. The first-order valence-electron chi connectivity index (χ1n) is 7.19. The van der Waals surface area contributed by atoms with Gasteiger partial charge in [-0.1, -0.05) is 20.8 Å². The van der Waals surface area contributed by atoms with E-state index < -0.39 is 9.84 Å². The van der Waals surface area contributed by atoms with E-state index in [0.717, 1.165) is 12.8 Å². The first kappa shape index (κ1) is 16.5. The highest BCUT2D eigenvalue weighted by molar-refractivity contribution is 7.92. The molecule has 5 heteroatoms. The summed E-state index contributed by atoms with van der Waals surface area (Å²) in [4.78, 5) is 14.1. The van der Waals surface area contributed by atoms with Crippen molar-refractivity contribution in [3.8, 4) is 0 Å². The summed E-state index contributed by atoms with van der Waals surface area (Å²) in [6, 6.07) is -0.192. The van der Waals surface area contributed by atoms with Crippen LogP contribution in [0.3, 0.4) is 0 Å². The first-order valence-corrected chi connectivity index (χ1v) is 8.90. The summed E-state index contributed by atoms with van der Waals surface area (Å²) in [6.45, 7) is 10.0. The molecule has 1 unspecified atom stereocenters. The predicted molar refractivity (Wildman–Crippen MR) is 77.7 cm³/mol. The van der Waals surface area contributed by atoms with Crippen LogP contribution >= 0.6 is 0 Å². The van der Waals surface area contributed by atoms with Crippen LogP contribution in [0.2, 0.25) is 0 Å². The molecule has 1 aliphatic rings. The standard InChI is InChI=1S/C14H27NO3S/c1-10(2)13(9-19(17,18)11(3)4)15-8-6-7-12(5)14(15)16/h10-13H,6-9H2,1-5H3/t12-,13?/m0/s1. The molecule has 0 N–H and O–H groups in total. The summed E-state index contributed by atoms with van der Waals surface area (Å²) >= 11 is 0. The molecule has 0 aromatic rings. The van der Waals surface area contributed by atoms with Crippen LogP contribution in [0.25, 0.3) is 0 Å². The number of amides is 1. The number of rotatable bonds is 5. The number of carbonyl (C=O) groups is 1. The molecule has 0 aromatic carbocycles. The molecule has 1 fully saturated rings. The van der Waals surface area contributed by atoms with E-state index in [9.17, 15) is 13.2 Å². The summed E-state index contributed by atoms with van der Waals surface area (Å²) in [5.41, 5.74) is 0. The lowest BCUT2D eigenvalue weighted by molar-refractivity contribution is -0.140. The van der Waals surface area contributed by atoms with Crippen molar-refractivity contribution >= 4 is 15.7 Å². The number of hydrogen-bond acceptors (Lipinski definition) is 3. The second-order valence-corrected chi connectivity index (χ2v) is 8.87. The summed E-state index contributed by atoms with van der Waals surface area (Å²) in [7, 11) is -3.13. The minimum Gasteiger partial charge on any atom is -0.338 e. The third-order valence-corrected chi connectivity index (χ3v) is 6.27. The largest absolute Gasteiger partial charge is 0.338 e. The van der Waals surface area contributed by atoms with Crippen molar-refractivity contribution in [2.75, 3.05) is 12.3 Å². The average molecular weight is 289 g/mol. The Morgan fingerprint density at radius 1 is 1.26 bits per heavy atom. The van der Waals surface area contributed by atoms with Gasteiger partial charge in [-0.2, -0.15) is 0 Å². The van der Waals surface area contributed by atoms with Crippen LogP contribution in [0.15, 0.2) is 0 Å². The van der Waals surface area contributed by atoms with E-state index in [4.69, 9.17) is 0 Å². The van der Waals surface area contributed by atoms with Gasteiger partial charge < -0.3 is 4.90 Å². The van der Waals surface area contributed by atoms with Crippen LogP contribution in [-0.4, -0.2) is 42.8 Å². The minimum atomic E-state index is -3.13. The van der Waals surface area contributed by atoms with Crippen molar-refractivity contribution in [3.05, 3.63) is 0 Å². The number of piperidine rings is 1. The summed E-state index contributed by atoms with van der Waals surface area (Å²) < 4.78 is 24.3.